The summed E-state index contributed by atoms with van der Waals surface area (Å²) >= 11 is 0. The van der Waals surface area contributed by atoms with Crippen molar-refractivity contribution in [3.05, 3.63) is 35.9 Å². The van der Waals surface area contributed by atoms with Crippen molar-refractivity contribution in [3.63, 3.8) is 0 Å². The number of ketones is 1. The predicted octanol–water partition coefficient (Wildman–Crippen LogP) is 1.79. The van der Waals surface area contributed by atoms with Crippen LogP contribution in [0.5, 0.6) is 0 Å². The molecular weight excluding hydrogens is 220 g/mol. The van der Waals surface area contributed by atoms with Crippen LogP contribution in [0.15, 0.2) is 40.6 Å². The molecule has 0 aliphatic heterocycles. The molecule has 0 aromatic heterocycles. The van der Waals surface area contributed by atoms with Crippen molar-refractivity contribution < 1.29 is 15.2 Å². The summed E-state index contributed by atoms with van der Waals surface area (Å²) < 4.78 is 0. The van der Waals surface area contributed by atoms with Crippen molar-refractivity contribution in [1.82, 2.24) is 0 Å². The van der Waals surface area contributed by atoms with Crippen molar-refractivity contribution in [2.45, 2.75) is 18.8 Å². The van der Waals surface area contributed by atoms with Crippen LogP contribution in [0.25, 0.3) is 0 Å². The summed E-state index contributed by atoms with van der Waals surface area (Å²) in [4.78, 5) is 11.7. The van der Waals surface area contributed by atoms with Gasteiger partial charge >= 0.3 is 0 Å². The smallest absolute Gasteiger partial charge is 0.187 e. The lowest BCUT2D eigenvalue weighted by molar-refractivity contribution is -0.113. The molecule has 0 radical (unpaired) electrons. The van der Waals surface area contributed by atoms with Gasteiger partial charge in [-0.15, -0.1) is 0 Å². The highest BCUT2D eigenvalue weighted by Gasteiger charge is 2.32. The van der Waals surface area contributed by atoms with E-state index in [0.29, 0.717) is 6.42 Å². The van der Waals surface area contributed by atoms with Crippen LogP contribution in [0.2, 0.25) is 0 Å². The van der Waals surface area contributed by atoms with Gasteiger partial charge < -0.3 is 10.4 Å². The molecule has 1 unspecified atom stereocenters. The molecule has 0 heterocycles. The minimum atomic E-state index is -0.305. The summed E-state index contributed by atoms with van der Waals surface area (Å²) in [7, 11) is 0. The zero-order valence-corrected chi connectivity index (χ0v) is 9.08. The Morgan fingerprint density at radius 3 is 2.35 bits per heavy atom. The maximum atomic E-state index is 11.7. The maximum absolute atomic E-state index is 11.7. The average molecular weight is 232 g/mol. The first-order chi connectivity index (χ1) is 8.26. The first-order valence-corrected chi connectivity index (χ1v) is 5.27. The lowest BCUT2D eigenvalue weighted by Gasteiger charge is -2.22. The lowest BCUT2D eigenvalue weighted by atomic mass is 9.81. The highest BCUT2D eigenvalue weighted by molar-refractivity contribution is 6.68. The Morgan fingerprint density at radius 2 is 1.76 bits per heavy atom. The summed E-state index contributed by atoms with van der Waals surface area (Å²) in [5, 5.41) is 23.4. The molecule has 1 aliphatic rings. The van der Waals surface area contributed by atoms with Gasteiger partial charge in [0, 0.05) is 12.8 Å². The fourth-order valence-electron chi connectivity index (χ4n) is 2.05. The molecule has 2 rings (SSSR count). The third kappa shape index (κ3) is 2.18. The van der Waals surface area contributed by atoms with E-state index in [-0.39, 0.29) is 29.5 Å². The Kier molecular flexibility index (Phi) is 3.18. The second-order valence-electron chi connectivity index (χ2n) is 3.93. The SMILES string of the molecule is O=C1CC(c2ccccc2)CC(=N/O)/C1=N\O. The molecule has 1 fully saturated rings. The van der Waals surface area contributed by atoms with Crippen molar-refractivity contribution in [1.29, 1.82) is 0 Å². The van der Waals surface area contributed by atoms with Crippen LogP contribution in [0.3, 0.4) is 0 Å². The van der Waals surface area contributed by atoms with E-state index in [0.717, 1.165) is 5.56 Å². The quantitative estimate of drug-likeness (QED) is 0.572. The molecule has 1 aliphatic carbocycles. The molecule has 0 spiro atoms. The molecule has 1 saturated carbocycles. The fourth-order valence-corrected chi connectivity index (χ4v) is 2.05. The van der Waals surface area contributed by atoms with Gasteiger partial charge in [0.05, 0.1) is 0 Å². The monoisotopic (exact) mass is 232 g/mol. The van der Waals surface area contributed by atoms with E-state index in [1.54, 1.807) is 0 Å². The average Bonchev–Trinajstić information content (AvgIpc) is 2.38. The van der Waals surface area contributed by atoms with Crippen molar-refractivity contribution in [2.24, 2.45) is 10.3 Å². The number of hydrogen-bond acceptors (Lipinski definition) is 5. The van der Waals surface area contributed by atoms with E-state index in [4.69, 9.17) is 10.4 Å². The van der Waals surface area contributed by atoms with Crippen LogP contribution in [-0.4, -0.2) is 27.6 Å². The van der Waals surface area contributed by atoms with E-state index >= 15 is 0 Å². The second kappa shape index (κ2) is 4.78. The number of carbonyl (C=O) groups excluding carboxylic acids is 1. The lowest BCUT2D eigenvalue weighted by Crippen LogP contribution is -2.33. The predicted molar refractivity (Wildman–Crippen MR) is 61.9 cm³/mol. The second-order valence-corrected chi connectivity index (χ2v) is 3.93. The summed E-state index contributed by atoms with van der Waals surface area (Å²) in [6.45, 7) is 0. The third-order valence-electron chi connectivity index (χ3n) is 2.90. The Balaban J connectivity index is 2.29. The van der Waals surface area contributed by atoms with Gasteiger partial charge in [-0.3, -0.25) is 4.79 Å². The third-order valence-corrected chi connectivity index (χ3v) is 2.90. The molecular formula is C12H12N2O3. The first-order valence-electron chi connectivity index (χ1n) is 5.27. The first kappa shape index (κ1) is 11.3. The van der Waals surface area contributed by atoms with Crippen LogP contribution < -0.4 is 0 Å². The minimum Gasteiger partial charge on any atom is -0.411 e. The number of hydrogen-bond donors (Lipinski definition) is 2. The van der Waals surface area contributed by atoms with Crippen molar-refractivity contribution in [2.75, 3.05) is 0 Å². The normalized spacial score (nSPS) is 25.4. The standard InChI is InChI=1S/C12H12N2O3/c15-11-7-9(8-4-2-1-3-5-8)6-10(13-16)12(11)14-17/h1-5,9,16-17H,6-7H2/b13-10-,14-12+. The van der Waals surface area contributed by atoms with Gasteiger partial charge in [-0.2, -0.15) is 0 Å². The topological polar surface area (TPSA) is 82.2 Å². The van der Waals surface area contributed by atoms with Gasteiger partial charge in [-0.25, -0.2) is 0 Å². The Bertz CT molecular complexity index is 480. The van der Waals surface area contributed by atoms with Crippen LogP contribution in [0.4, 0.5) is 0 Å². The molecule has 88 valence electrons. The Labute approximate surface area is 98.1 Å². The number of nitrogens with zero attached hydrogens (tertiary/aromatic N) is 2. The van der Waals surface area contributed by atoms with E-state index in [1.807, 2.05) is 30.3 Å². The van der Waals surface area contributed by atoms with Gasteiger partial charge in [0.1, 0.15) is 5.71 Å². The Hall–Kier alpha value is -2.17. The molecule has 0 bridgehead atoms. The van der Waals surface area contributed by atoms with Gasteiger partial charge in [0.15, 0.2) is 11.5 Å². The van der Waals surface area contributed by atoms with Gasteiger partial charge in [0.2, 0.25) is 0 Å². The highest BCUT2D eigenvalue weighted by Crippen LogP contribution is 2.28. The molecule has 1 atom stereocenters. The van der Waals surface area contributed by atoms with Crippen molar-refractivity contribution in [3.8, 4) is 0 Å². The zero-order valence-electron chi connectivity index (χ0n) is 9.08. The largest absolute Gasteiger partial charge is 0.411 e. The van der Waals surface area contributed by atoms with Crippen LogP contribution >= 0.6 is 0 Å². The van der Waals surface area contributed by atoms with Crippen LogP contribution in [-0.2, 0) is 4.79 Å². The highest BCUT2D eigenvalue weighted by atomic mass is 16.4. The van der Waals surface area contributed by atoms with Gasteiger partial charge in [-0.1, -0.05) is 40.6 Å². The van der Waals surface area contributed by atoms with Gasteiger partial charge in [-0.05, 0) is 11.5 Å². The zero-order chi connectivity index (χ0) is 12.3. The van der Waals surface area contributed by atoms with Crippen LogP contribution in [0, 0.1) is 0 Å². The van der Waals surface area contributed by atoms with E-state index in [2.05, 4.69) is 10.3 Å². The molecule has 1 aromatic carbocycles. The summed E-state index contributed by atoms with van der Waals surface area (Å²) in [6.07, 6.45) is 0.661. The maximum Gasteiger partial charge on any atom is 0.187 e. The molecule has 5 heteroatoms. The van der Waals surface area contributed by atoms with Crippen LogP contribution in [0.1, 0.15) is 24.3 Å². The minimum absolute atomic E-state index is 0.0277. The molecule has 1 aromatic rings. The molecule has 0 saturated heterocycles. The molecule has 5 nitrogen and oxygen atoms in total. The summed E-state index contributed by atoms with van der Waals surface area (Å²) in [6, 6.07) is 9.54. The number of rotatable bonds is 1. The Morgan fingerprint density at radius 1 is 1.06 bits per heavy atom. The van der Waals surface area contributed by atoms with E-state index in [9.17, 15) is 4.79 Å². The van der Waals surface area contributed by atoms with E-state index in [1.165, 1.54) is 0 Å². The molecule has 0 amide bonds. The molecule has 17 heavy (non-hydrogen) atoms. The summed E-state index contributed by atoms with van der Waals surface area (Å²) in [5.41, 5.74) is 1.01. The number of carbonyl (C=O) groups is 1. The molecule has 2 N–H and O–H groups in total. The van der Waals surface area contributed by atoms with E-state index < -0.39 is 0 Å². The summed E-state index contributed by atoms with van der Waals surface area (Å²) in [5.74, 6) is -0.333. The number of benzene rings is 1. The fraction of sp³-hybridized carbons (Fsp3) is 0.250. The van der Waals surface area contributed by atoms with Gasteiger partial charge in [0.25, 0.3) is 0 Å². The number of Topliss-reactive ketones (excluding diaryl/α,β-unsaturated/α-hetero) is 1. The van der Waals surface area contributed by atoms with Crippen molar-refractivity contribution >= 4 is 17.2 Å². The number of oxime groups is 2.